The lowest BCUT2D eigenvalue weighted by molar-refractivity contribution is -0.116. The van der Waals surface area contributed by atoms with Crippen molar-refractivity contribution in [1.29, 1.82) is 0 Å². The lowest BCUT2D eigenvalue weighted by Gasteiger charge is -2.23. The highest BCUT2D eigenvalue weighted by atomic mass is 32.1. The van der Waals surface area contributed by atoms with Crippen LogP contribution >= 0.6 is 11.3 Å². The lowest BCUT2D eigenvalue weighted by Crippen LogP contribution is -2.21. The number of benzene rings is 2. The maximum atomic E-state index is 13.8. The molecule has 4 nitrogen and oxygen atoms in total. The zero-order chi connectivity index (χ0) is 18.8. The molecule has 1 unspecified atom stereocenters. The fraction of sp³-hybridized carbons (Fsp3) is 0.190. The molecule has 0 bridgehead atoms. The first-order valence-electron chi connectivity index (χ1n) is 8.57. The molecule has 1 N–H and O–H groups in total. The van der Waals surface area contributed by atoms with E-state index < -0.39 is 0 Å². The van der Waals surface area contributed by atoms with Gasteiger partial charge in [-0.1, -0.05) is 24.3 Å². The minimum atomic E-state index is -0.300. The monoisotopic (exact) mass is 383 g/mol. The molecule has 1 aliphatic rings. The van der Waals surface area contributed by atoms with Gasteiger partial charge in [0.15, 0.2) is 11.5 Å². The number of fused-ring (bicyclic) bond motifs is 1. The Bertz CT molecular complexity index is 985. The highest BCUT2D eigenvalue weighted by Gasteiger charge is 2.28. The quantitative estimate of drug-likeness (QED) is 0.678. The molecule has 1 aliphatic heterocycles. The Hall–Kier alpha value is -2.86. The van der Waals surface area contributed by atoms with Crippen LogP contribution in [0.15, 0.2) is 53.9 Å². The summed E-state index contributed by atoms with van der Waals surface area (Å²) in [5, 5.41) is 4.88. The smallest absolute Gasteiger partial charge is 0.225 e. The summed E-state index contributed by atoms with van der Waals surface area (Å²) in [5.41, 5.74) is 2.35. The molecule has 2 aromatic carbocycles. The number of thiophene rings is 1. The molecule has 138 valence electrons. The molecule has 0 aliphatic carbocycles. The first kappa shape index (κ1) is 17.5. The van der Waals surface area contributed by atoms with Crippen LogP contribution in [0.3, 0.4) is 0 Å². The second kappa shape index (κ2) is 7.40. The van der Waals surface area contributed by atoms with Crippen molar-refractivity contribution in [3.63, 3.8) is 0 Å². The van der Waals surface area contributed by atoms with Crippen molar-refractivity contribution in [3.8, 4) is 11.5 Å². The van der Waals surface area contributed by atoms with Crippen molar-refractivity contribution in [2.45, 2.75) is 18.9 Å². The van der Waals surface area contributed by atoms with Crippen LogP contribution in [0, 0.1) is 5.82 Å². The van der Waals surface area contributed by atoms with E-state index in [-0.39, 0.29) is 24.2 Å². The van der Waals surface area contributed by atoms with E-state index in [0.29, 0.717) is 23.5 Å². The average molecular weight is 383 g/mol. The summed E-state index contributed by atoms with van der Waals surface area (Å²) < 4.78 is 25.0. The van der Waals surface area contributed by atoms with Gasteiger partial charge in [0, 0.05) is 22.8 Å². The van der Waals surface area contributed by atoms with E-state index in [4.69, 9.17) is 9.47 Å². The number of ether oxygens (including phenoxy) is 2. The molecule has 0 spiro atoms. The van der Waals surface area contributed by atoms with Crippen LogP contribution in [-0.4, -0.2) is 13.0 Å². The van der Waals surface area contributed by atoms with E-state index in [1.807, 2.05) is 29.6 Å². The van der Waals surface area contributed by atoms with Gasteiger partial charge >= 0.3 is 0 Å². The van der Waals surface area contributed by atoms with Crippen molar-refractivity contribution < 1.29 is 18.7 Å². The highest BCUT2D eigenvalue weighted by Crippen LogP contribution is 2.42. The molecule has 1 amide bonds. The largest absolute Gasteiger partial charge is 0.493 e. The molecule has 1 atom stereocenters. The summed E-state index contributed by atoms with van der Waals surface area (Å²) in [6.07, 6.45) is 0.395. The van der Waals surface area contributed by atoms with E-state index in [1.54, 1.807) is 36.6 Å². The summed E-state index contributed by atoms with van der Waals surface area (Å²) in [4.78, 5) is 13.2. The third-order valence-electron chi connectivity index (χ3n) is 4.61. The van der Waals surface area contributed by atoms with Gasteiger partial charge in [-0.25, -0.2) is 4.39 Å². The fourth-order valence-corrected chi connectivity index (χ4v) is 4.21. The van der Waals surface area contributed by atoms with Gasteiger partial charge < -0.3 is 14.8 Å². The van der Waals surface area contributed by atoms with Crippen LogP contribution in [0.4, 0.5) is 10.1 Å². The normalized spacial score (nSPS) is 15.8. The second-order valence-corrected chi connectivity index (χ2v) is 7.24. The molecular weight excluding hydrogens is 365 g/mol. The first-order valence-corrected chi connectivity index (χ1v) is 9.45. The van der Waals surface area contributed by atoms with Crippen molar-refractivity contribution in [2.24, 2.45) is 0 Å². The van der Waals surface area contributed by atoms with Crippen LogP contribution in [0.5, 0.6) is 11.5 Å². The molecule has 0 fully saturated rings. The first-order chi connectivity index (χ1) is 13.2. The number of hydrogen-bond donors (Lipinski definition) is 1. The molecule has 2 heterocycles. The van der Waals surface area contributed by atoms with Gasteiger partial charge in [-0.3, -0.25) is 4.79 Å². The van der Waals surface area contributed by atoms with E-state index in [2.05, 4.69) is 5.32 Å². The standard InChI is InChI=1S/C21H18FNO3S/c1-25-19-10-13(15-11-20(24)23-17-8-9-27-21(15)17)6-7-18(19)26-12-14-4-2-3-5-16(14)22/h2-10,15H,11-12H2,1H3,(H,23,24). The zero-order valence-corrected chi connectivity index (χ0v) is 15.5. The summed E-state index contributed by atoms with van der Waals surface area (Å²) in [7, 11) is 1.57. The number of carbonyl (C=O) groups excluding carboxylic acids is 1. The number of halogens is 1. The highest BCUT2D eigenvalue weighted by molar-refractivity contribution is 7.10. The van der Waals surface area contributed by atoms with Crippen molar-refractivity contribution in [2.75, 3.05) is 12.4 Å². The summed E-state index contributed by atoms with van der Waals surface area (Å²) >= 11 is 1.63. The number of anilines is 1. The SMILES string of the molecule is COc1cc(C2CC(=O)Nc3ccsc32)ccc1OCc1ccccc1F. The van der Waals surface area contributed by atoms with Crippen molar-refractivity contribution in [1.82, 2.24) is 0 Å². The predicted molar refractivity (Wildman–Crippen MR) is 103 cm³/mol. The molecule has 0 radical (unpaired) electrons. The Morgan fingerprint density at radius 1 is 1.19 bits per heavy atom. The number of amides is 1. The number of rotatable bonds is 5. The van der Waals surface area contributed by atoms with Crippen LogP contribution in [0.1, 0.15) is 28.3 Å². The maximum Gasteiger partial charge on any atom is 0.225 e. The molecule has 27 heavy (non-hydrogen) atoms. The van der Waals surface area contributed by atoms with E-state index in [0.717, 1.165) is 16.1 Å². The van der Waals surface area contributed by atoms with E-state index >= 15 is 0 Å². The topological polar surface area (TPSA) is 47.6 Å². The molecule has 1 aromatic heterocycles. The Labute approximate surface area is 160 Å². The van der Waals surface area contributed by atoms with Gasteiger partial charge in [0.2, 0.25) is 5.91 Å². The van der Waals surface area contributed by atoms with Crippen LogP contribution in [0.2, 0.25) is 0 Å². The molecular formula is C21H18FNO3S. The molecule has 6 heteroatoms. The van der Waals surface area contributed by atoms with E-state index in [9.17, 15) is 9.18 Å². The van der Waals surface area contributed by atoms with Gasteiger partial charge in [0.25, 0.3) is 0 Å². The predicted octanol–water partition coefficient (Wildman–Crippen LogP) is 4.95. The third-order valence-corrected chi connectivity index (χ3v) is 5.64. The van der Waals surface area contributed by atoms with Gasteiger partial charge in [-0.05, 0) is 35.2 Å². The molecule has 0 saturated heterocycles. The second-order valence-electron chi connectivity index (χ2n) is 6.29. The minimum absolute atomic E-state index is 0.00439. The Morgan fingerprint density at radius 2 is 2.04 bits per heavy atom. The fourth-order valence-electron chi connectivity index (χ4n) is 3.23. The summed E-state index contributed by atoms with van der Waals surface area (Å²) in [5.74, 6) is 0.795. The number of methoxy groups -OCH3 is 1. The minimum Gasteiger partial charge on any atom is -0.493 e. The summed E-state index contributed by atoms with van der Waals surface area (Å²) in [6.45, 7) is 0.114. The number of carbonyl (C=O) groups is 1. The maximum absolute atomic E-state index is 13.8. The Kier molecular flexibility index (Phi) is 4.81. The van der Waals surface area contributed by atoms with Crippen LogP contribution < -0.4 is 14.8 Å². The molecule has 4 rings (SSSR count). The zero-order valence-electron chi connectivity index (χ0n) is 14.7. The third kappa shape index (κ3) is 3.53. The Morgan fingerprint density at radius 3 is 2.85 bits per heavy atom. The summed E-state index contributed by atoms with van der Waals surface area (Å²) in [6, 6.07) is 14.1. The van der Waals surface area contributed by atoms with Crippen molar-refractivity contribution in [3.05, 3.63) is 75.7 Å². The van der Waals surface area contributed by atoms with Gasteiger partial charge in [-0.15, -0.1) is 11.3 Å². The van der Waals surface area contributed by atoms with Crippen LogP contribution in [0.25, 0.3) is 0 Å². The van der Waals surface area contributed by atoms with Gasteiger partial charge in [0.1, 0.15) is 12.4 Å². The number of nitrogens with one attached hydrogen (secondary N) is 1. The van der Waals surface area contributed by atoms with Crippen molar-refractivity contribution >= 4 is 22.9 Å². The van der Waals surface area contributed by atoms with Gasteiger partial charge in [0.05, 0.1) is 12.8 Å². The lowest BCUT2D eigenvalue weighted by atomic mass is 9.90. The van der Waals surface area contributed by atoms with E-state index in [1.165, 1.54) is 6.07 Å². The van der Waals surface area contributed by atoms with Gasteiger partial charge in [-0.2, -0.15) is 0 Å². The average Bonchev–Trinajstić information content (AvgIpc) is 3.15. The number of hydrogen-bond acceptors (Lipinski definition) is 4. The van der Waals surface area contributed by atoms with Crippen LogP contribution in [-0.2, 0) is 11.4 Å². The Balaban J connectivity index is 1.59. The molecule has 0 saturated carbocycles. The molecule has 3 aromatic rings.